The van der Waals surface area contributed by atoms with E-state index in [4.69, 9.17) is 16.3 Å². The van der Waals surface area contributed by atoms with Crippen LogP contribution in [0.5, 0.6) is 5.75 Å². The zero-order chi connectivity index (χ0) is 19.9. The van der Waals surface area contributed by atoms with E-state index >= 15 is 0 Å². The number of hydrogen-bond donors (Lipinski definition) is 1. The van der Waals surface area contributed by atoms with Crippen molar-refractivity contribution in [2.24, 2.45) is 0 Å². The molecule has 0 bridgehead atoms. The molecule has 2 aromatic carbocycles. The maximum atomic E-state index is 12.4. The molecule has 0 aliphatic carbocycles. The second kappa shape index (κ2) is 9.80. The smallest absolute Gasteiger partial charge is 0.222 e. The molecular formula is C20H23ClN2O4S. The molecule has 1 heterocycles. The van der Waals surface area contributed by atoms with E-state index < -0.39 is 10.7 Å². The number of nitrogens with zero attached hydrogens (tertiary/aromatic N) is 2. The Balaban J connectivity index is 1.39. The van der Waals surface area contributed by atoms with Crippen molar-refractivity contribution in [3.05, 3.63) is 53.6 Å². The summed E-state index contributed by atoms with van der Waals surface area (Å²) in [5.41, 5.74) is 0.976. The average Bonchev–Trinajstić information content (AvgIpc) is 2.72. The van der Waals surface area contributed by atoms with E-state index in [1.807, 2.05) is 29.2 Å². The molecule has 6 nitrogen and oxygen atoms in total. The topological polar surface area (TPSA) is 66.9 Å². The van der Waals surface area contributed by atoms with E-state index in [0.717, 1.165) is 24.5 Å². The van der Waals surface area contributed by atoms with Gasteiger partial charge in [-0.2, -0.15) is 0 Å². The number of benzene rings is 2. The van der Waals surface area contributed by atoms with E-state index in [2.05, 4.69) is 4.90 Å². The molecule has 0 spiro atoms. The van der Waals surface area contributed by atoms with Gasteiger partial charge in [0.15, 0.2) is 10.7 Å². The highest BCUT2D eigenvalue weighted by molar-refractivity contribution is 7.72. The standard InChI is InChI=1S/C20H23ClN2O4S/c21-16-3-7-18(8-4-16)27-15-1-2-20(24)23-13-11-22(12-14-23)17-5-9-19(10-6-17)28(25)26/h3-10,28H,1-2,11-15H2. The van der Waals surface area contributed by atoms with Gasteiger partial charge in [0.05, 0.1) is 11.5 Å². The molecule has 3 rings (SSSR count). The van der Waals surface area contributed by atoms with Crippen LogP contribution < -0.4 is 9.64 Å². The van der Waals surface area contributed by atoms with Gasteiger partial charge in [-0.3, -0.25) is 4.79 Å². The SMILES string of the molecule is O=C(CCCOc1ccc(Cl)cc1)N1CCN(c2ccc([SH](=O)=O)cc2)CC1. The number of thiol groups is 1. The van der Waals surface area contributed by atoms with Gasteiger partial charge in [0.1, 0.15) is 5.75 Å². The third-order valence-electron chi connectivity index (χ3n) is 4.68. The molecule has 150 valence electrons. The highest BCUT2D eigenvalue weighted by atomic mass is 35.5. The third-order valence-corrected chi connectivity index (χ3v) is 5.65. The van der Waals surface area contributed by atoms with Gasteiger partial charge < -0.3 is 14.5 Å². The molecule has 1 fully saturated rings. The van der Waals surface area contributed by atoms with Crippen molar-refractivity contribution < 1.29 is 17.9 Å². The lowest BCUT2D eigenvalue weighted by molar-refractivity contribution is -0.131. The van der Waals surface area contributed by atoms with Crippen LogP contribution in [0.4, 0.5) is 5.69 Å². The number of anilines is 1. The number of piperazine rings is 1. The number of carbonyl (C=O) groups is 1. The first kappa shape index (κ1) is 20.5. The monoisotopic (exact) mass is 422 g/mol. The van der Waals surface area contributed by atoms with Crippen molar-refractivity contribution >= 4 is 33.9 Å². The Kier molecular flexibility index (Phi) is 7.17. The number of halogens is 1. The van der Waals surface area contributed by atoms with Crippen LogP contribution in [-0.4, -0.2) is 52.0 Å². The molecule has 1 amide bonds. The summed E-state index contributed by atoms with van der Waals surface area (Å²) in [6.45, 7) is 3.27. The van der Waals surface area contributed by atoms with Crippen molar-refractivity contribution in [1.82, 2.24) is 4.90 Å². The Labute approximate surface area is 171 Å². The number of rotatable bonds is 7. The molecule has 1 aliphatic heterocycles. The summed E-state index contributed by atoms with van der Waals surface area (Å²) in [5.74, 6) is 0.885. The van der Waals surface area contributed by atoms with Crippen LogP contribution in [0.25, 0.3) is 0 Å². The van der Waals surface area contributed by atoms with Crippen LogP contribution in [0.2, 0.25) is 5.02 Å². The lowest BCUT2D eigenvalue weighted by Crippen LogP contribution is -2.48. The van der Waals surface area contributed by atoms with Crippen LogP contribution in [0.1, 0.15) is 12.8 Å². The minimum absolute atomic E-state index is 0.137. The molecule has 0 N–H and O–H groups in total. The molecule has 0 aromatic heterocycles. The van der Waals surface area contributed by atoms with E-state index in [1.165, 1.54) is 0 Å². The van der Waals surface area contributed by atoms with Crippen molar-refractivity contribution in [3.8, 4) is 5.75 Å². The fourth-order valence-corrected chi connectivity index (χ4v) is 3.62. The van der Waals surface area contributed by atoms with Gasteiger partial charge in [-0.15, -0.1) is 0 Å². The molecule has 8 heteroatoms. The first-order valence-electron chi connectivity index (χ1n) is 9.18. The Morgan fingerprint density at radius 1 is 0.964 bits per heavy atom. The molecule has 1 aliphatic rings. The lowest BCUT2D eigenvalue weighted by atomic mass is 10.2. The van der Waals surface area contributed by atoms with E-state index in [0.29, 0.717) is 42.5 Å². The van der Waals surface area contributed by atoms with Crippen molar-refractivity contribution in [2.45, 2.75) is 17.7 Å². The maximum Gasteiger partial charge on any atom is 0.222 e. The summed E-state index contributed by atoms with van der Waals surface area (Å²) in [6.07, 6.45) is 1.12. The van der Waals surface area contributed by atoms with E-state index in [-0.39, 0.29) is 5.91 Å². The molecule has 0 radical (unpaired) electrons. The fourth-order valence-electron chi connectivity index (χ4n) is 3.10. The predicted octanol–water partition coefficient (Wildman–Crippen LogP) is 2.82. The van der Waals surface area contributed by atoms with Crippen LogP contribution >= 0.6 is 11.6 Å². The number of amides is 1. The third kappa shape index (κ3) is 5.62. The number of carbonyl (C=O) groups excluding carboxylic acids is 1. The van der Waals surface area contributed by atoms with Crippen LogP contribution in [-0.2, 0) is 15.5 Å². The van der Waals surface area contributed by atoms with Crippen molar-refractivity contribution in [2.75, 3.05) is 37.7 Å². The summed E-state index contributed by atoms with van der Waals surface area (Å²) in [7, 11) is -2.55. The first-order chi connectivity index (χ1) is 13.5. The molecule has 1 saturated heterocycles. The summed E-state index contributed by atoms with van der Waals surface area (Å²) >= 11 is 5.84. The highest BCUT2D eigenvalue weighted by Crippen LogP contribution is 2.19. The fraction of sp³-hybridized carbons (Fsp3) is 0.350. The van der Waals surface area contributed by atoms with E-state index in [9.17, 15) is 13.2 Å². The van der Waals surface area contributed by atoms with Crippen LogP contribution in [0, 0.1) is 0 Å². The van der Waals surface area contributed by atoms with Gasteiger partial charge in [-0.25, -0.2) is 8.42 Å². The highest BCUT2D eigenvalue weighted by Gasteiger charge is 2.21. The van der Waals surface area contributed by atoms with Gasteiger partial charge in [0.2, 0.25) is 5.91 Å². The van der Waals surface area contributed by atoms with Crippen molar-refractivity contribution in [1.29, 1.82) is 0 Å². The summed E-state index contributed by atoms with van der Waals surface area (Å²) in [4.78, 5) is 16.7. The van der Waals surface area contributed by atoms with Gasteiger partial charge in [0.25, 0.3) is 0 Å². The molecular weight excluding hydrogens is 400 g/mol. The van der Waals surface area contributed by atoms with Crippen molar-refractivity contribution in [3.63, 3.8) is 0 Å². The molecule has 0 saturated carbocycles. The minimum Gasteiger partial charge on any atom is -0.494 e. The molecule has 2 aromatic rings. The van der Waals surface area contributed by atoms with Gasteiger partial charge >= 0.3 is 0 Å². The zero-order valence-electron chi connectivity index (χ0n) is 15.4. The first-order valence-corrected chi connectivity index (χ1v) is 10.7. The predicted molar refractivity (Wildman–Crippen MR) is 110 cm³/mol. The summed E-state index contributed by atoms with van der Waals surface area (Å²) in [5, 5.41) is 0.665. The van der Waals surface area contributed by atoms with Crippen LogP contribution in [0.15, 0.2) is 53.4 Å². The zero-order valence-corrected chi connectivity index (χ0v) is 17.1. The van der Waals surface area contributed by atoms with Gasteiger partial charge in [-0.1, -0.05) is 11.6 Å². The normalized spacial score (nSPS) is 14.4. The Morgan fingerprint density at radius 3 is 2.21 bits per heavy atom. The largest absolute Gasteiger partial charge is 0.494 e. The molecule has 0 unspecified atom stereocenters. The second-order valence-electron chi connectivity index (χ2n) is 6.55. The van der Waals surface area contributed by atoms with Crippen LogP contribution in [0.3, 0.4) is 0 Å². The Morgan fingerprint density at radius 2 is 1.61 bits per heavy atom. The maximum absolute atomic E-state index is 12.4. The molecule has 0 atom stereocenters. The average molecular weight is 423 g/mol. The summed E-state index contributed by atoms with van der Waals surface area (Å²) < 4.78 is 27.6. The summed E-state index contributed by atoms with van der Waals surface area (Å²) in [6, 6.07) is 14.0. The van der Waals surface area contributed by atoms with Gasteiger partial charge in [-0.05, 0) is 55.0 Å². The lowest BCUT2D eigenvalue weighted by Gasteiger charge is -2.36. The second-order valence-corrected chi connectivity index (χ2v) is 8.01. The quantitative estimate of drug-likeness (QED) is 0.549. The molecule has 28 heavy (non-hydrogen) atoms. The Bertz CT molecular complexity index is 853. The Hall–Kier alpha value is -2.25. The number of hydrogen-bond acceptors (Lipinski definition) is 5. The number of ether oxygens (including phenoxy) is 1. The van der Waals surface area contributed by atoms with Gasteiger partial charge in [0, 0.05) is 43.3 Å². The minimum atomic E-state index is -2.55. The van der Waals surface area contributed by atoms with E-state index in [1.54, 1.807) is 24.3 Å².